The van der Waals surface area contributed by atoms with Crippen molar-refractivity contribution in [1.82, 2.24) is 29.7 Å². The minimum absolute atomic E-state index is 0.174. The number of nitrogens with one attached hydrogen (secondary N) is 1. The highest BCUT2D eigenvalue weighted by Crippen LogP contribution is 2.18. The van der Waals surface area contributed by atoms with Gasteiger partial charge in [0.05, 0.1) is 28.8 Å². The van der Waals surface area contributed by atoms with Crippen molar-refractivity contribution in [2.75, 3.05) is 7.05 Å². The third-order valence-electron chi connectivity index (χ3n) is 4.03. The highest BCUT2D eigenvalue weighted by atomic mass is 19.1. The largest absolute Gasteiger partial charge is 0.340 e. The van der Waals surface area contributed by atoms with Crippen LogP contribution in [0.3, 0.4) is 0 Å². The maximum Gasteiger partial charge on any atom is 0.258 e. The van der Waals surface area contributed by atoms with Crippen molar-refractivity contribution in [1.29, 1.82) is 0 Å². The Morgan fingerprint density at radius 2 is 2.20 bits per heavy atom. The summed E-state index contributed by atoms with van der Waals surface area (Å²) in [6.07, 6.45) is 1.62. The fourth-order valence-electron chi connectivity index (χ4n) is 2.87. The van der Waals surface area contributed by atoms with Crippen LogP contribution in [0.25, 0.3) is 16.6 Å². The van der Waals surface area contributed by atoms with E-state index in [9.17, 15) is 9.18 Å². The van der Waals surface area contributed by atoms with Gasteiger partial charge in [0, 0.05) is 13.2 Å². The summed E-state index contributed by atoms with van der Waals surface area (Å²) >= 11 is 0. The molecule has 0 aliphatic rings. The Morgan fingerprint density at radius 3 is 3.04 bits per heavy atom. The van der Waals surface area contributed by atoms with Crippen molar-refractivity contribution < 1.29 is 9.18 Å². The number of H-pyrrole nitrogens is 1. The van der Waals surface area contributed by atoms with Gasteiger partial charge in [0.1, 0.15) is 17.2 Å². The average Bonchev–Trinajstić information content (AvgIpc) is 3.12. The summed E-state index contributed by atoms with van der Waals surface area (Å²) in [5.41, 5.74) is 3.05. The molecule has 126 valence electrons. The first-order chi connectivity index (χ1) is 12.0. The smallest absolute Gasteiger partial charge is 0.258 e. The van der Waals surface area contributed by atoms with Crippen molar-refractivity contribution in [3.8, 4) is 0 Å². The van der Waals surface area contributed by atoms with Crippen molar-refractivity contribution >= 4 is 22.5 Å². The third kappa shape index (κ3) is 2.61. The molecule has 0 saturated heterocycles. The Bertz CT molecular complexity index is 1100. The average molecular weight is 338 g/mol. The van der Waals surface area contributed by atoms with Gasteiger partial charge in [-0.2, -0.15) is 14.8 Å². The van der Waals surface area contributed by atoms with Crippen LogP contribution in [0.2, 0.25) is 0 Å². The fourth-order valence-corrected chi connectivity index (χ4v) is 2.87. The van der Waals surface area contributed by atoms with Crippen LogP contribution in [-0.4, -0.2) is 42.7 Å². The normalized spacial score (nSPS) is 11.3. The Morgan fingerprint density at radius 1 is 1.36 bits per heavy atom. The topological polar surface area (TPSA) is 79.2 Å². The van der Waals surface area contributed by atoms with Gasteiger partial charge in [-0.05, 0) is 37.3 Å². The van der Waals surface area contributed by atoms with Crippen LogP contribution < -0.4 is 0 Å². The van der Waals surface area contributed by atoms with Crippen LogP contribution in [-0.2, 0) is 6.54 Å². The molecule has 0 fully saturated rings. The summed E-state index contributed by atoms with van der Waals surface area (Å²) in [4.78, 5) is 21.8. The molecule has 0 atom stereocenters. The standard InChI is InChI=1S/C17H15FN6O/c1-10-16(14-4-3-7-19-24(14)22-10)17(25)23(2)9-15-20-12-6-5-11(18)8-13(12)21-15/h3-8H,9H2,1-2H3,(H,20,21). The van der Waals surface area contributed by atoms with Crippen LogP contribution in [0.1, 0.15) is 21.9 Å². The van der Waals surface area contributed by atoms with E-state index in [1.54, 1.807) is 43.3 Å². The number of aromatic amines is 1. The Labute approximate surface area is 142 Å². The third-order valence-corrected chi connectivity index (χ3v) is 4.03. The van der Waals surface area contributed by atoms with Crippen molar-refractivity contribution in [3.63, 3.8) is 0 Å². The highest BCUT2D eigenvalue weighted by Gasteiger charge is 2.21. The predicted molar refractivity (Wildman–Crippen MR) is 89.6 cm³/mol. The summed E-state index contributed by atoms with van der Waals surface area (Å²) in [6.45, 7) is 2.05. The molecule has 4 rings (SSSR count). The number of halogens is 1. The fraction of sp³-hybridized carbons (Fsp3) is 0.176. The molecule has 25 heavy (non-hydrogen) atoms. The number of aryl methyl sites for hydroxylation is 1. The number of fused-ring (bicyclic) bond motifs is 2. The first-order valence-electron chi connectivity index (χ1n) is 7.73. The maximum absolute atomic E-state index is 13.3. The lowest BCUT2D eigenvalue weighted by Gasteiger charge is -2.15. The maximum atomic E-state index is 13.3. The van der Waals surface area contributed by atoms with E-state index < -0.39 is 0 Å². The molecule has 0 radical (unpaired) electrons. The van der Waals surface area contributed by atoms with E-state index in [4.69, 9.17) is 0 Å². The summed E-state index contributed by atoms with van der Waals surface area (Å²) in [6, 6.07) is 7.92. The van der Waals surface area contributed by atoms with Gasteiger partial charge in [-0.3, -0.25) is 4.79 Å². The second kappa shape index (κ2) is 5.66. The molecule has 3 aromatic heterocycles. The number of aromatic nitrogens is 5. The van der Waals surface area contributed by atoms with E-state index in [-0.39, 0.29) is 18.3 Å². The summed E-state index contributed by atoms with van der Waals surface area (Å²) < 4.78 is 14.7. The molecule has 7 nitrogen and oxygen atoms in total. The Kier molecular flexibility index (Phi) is 3.45. The zero-order chi connectivity index (χ0) is 17.6. The van der Waals surface area contributed by atoms with Gasteiger partial charge in [0.15, 0.2) is 0 Å². The molecule has 0 unspecified atom stereocenters. The monoisotopic (exact) mass is 338 g/mol. The van der Waals surface area contributed by atoms with E-state index in [1.165, 1.54) is 16.8 Å². The van der Waals surface area contributed by atoms with Gasteiger partial charge in [-0.15, -0.1) is 0 Å². The van der Waals surface area contributed by atoms with Gasteiger partial charge >= 0.3 is 0 Å². The minimum Gasteiger partial charge on any atom is -0.340 e. The predicted octanol–water partition coefficient (Wildman–Crippen LogP) is 2.33. The van der Waals surface area contributed by atoms with Gasteiger partial charge in [-0.1, -0.05) is 0 Å². The number of hydrogen-bond acceptors (Lipinski definition) is 4. The Hall–Kier alpha value is -3.29. The first kappa shape index (κ1) is 15.3. The van der Waals surface area contributed by atoms with E-state index in [2.05, 4.69) is 20.2 Å². The van der Waals surface area contributed by atoms with E-state index in [0.29, 0.717) is 33.6 Å². The van der Waals surface area contributed by atoms with E-state index in [0.717, 1.165) is 0 Å². The van der Waals surface area contributed by atoms with Crippen molar-refractivity contribution in [2.24, 2.45) is 0 Å². The van der Waals surface area contributed by atoms with Crippen LogP contribution in [0, 0.1) is 12.7 Å². The number of hydrogen-bond donors (Lipinski definition) is 1. The molecule has 0 aliphatic heterocycles. The number of benzene rings is 1. The van der Waals surface area contributed by atoms with Gasteiger partial charge in [-0.25, -0.2) is 9.37 Å². The molecule has 8 heteroatoms. The molecular weight excluding hydrogens is 323 g/mol. The number of carbonyl (C=O) groups is 1. The molecule has 0 saturated carbocycles. The molecule has 1 N–H and O–H groups in total. The molecule has 0 aliphatic carbocycles. The zero-order valence-corrected chi connectivity index (χ0v) is 13.7. The van der Waals surface area contributed by atoms with Crippen LogP contribution >= 0.6 is 0 Å². The lowest BCUT2D eigenvalue weighted by molar-refractivity contribution is 0.0783. The number of imidazole rings is 1. The molecule has 3 heterocycles. The van der Waals surface area contributed by atoms with Crippen molar-refractivity contribution in [2.45, 2.75) is 13.5 Å². The van der Waals surface area contributed by atoms with Gasteiger partial charge < -0.3 is 9.88 Å². The quantitative estimate of drug-likeness (QED) is 0.622. The minimum atomic E-state index is -0.332. The number of carbonyl (C=O) groups excluding carboxylic acids is 1. The molecule has 1 amide bonds. The molecule has 0 bridgehead atoms. The summed E-state index contributed by atoms with van der Waals surface area (Å²) in [7, 11) is 1.69. The SMILES string of the molecule is Cc1nn2ncccc2c1C(=O)N(C)Cc1nc2ccc(F)cc2[nH]1. The lowest BCUT2D eigenvalue weighted by Crippen LogP contribution is -2.27. The van der Waals surface area contributed by atoms with E-state index >= 15 is 0 Å². The van der Waals surface area contributed by atoms with Crippen molar-refractivity contribution in [3.05, 3.63) is 59.4 Å². The van der Waals surface area contributed by atoms with Crippen LogP contribution in [0.5, 0.6) is 0 Å². The van der Waals surface area contributed by atoms with Crippen LogP contribution in [0.4, 0.5) is 4.39 Å². The Balaban J connectivity index is 1.64. The summed E-state index contributed by atoms with van der Waals surface area (Å²) in [5.74, 6) is 0.0810. The summed E-state index contributed by atoms with van der Waals surface area (Å²) in [5, 5.41) is 8.37. The highest BCUT2D eigenvalue weighted by molar-refractivity contribution is 6.01. The number of nitrogens with zero attached hydrogens (tertiary/aromatic N) is 5. The first-order valence-corrected chi connectivity index (χ1v) is 7.73. The molecular formula is C17H15FN6O. The molecule has 0 spiro atoms. The van der Waals surface area contributed by atoms with Gasteiger partial charge in [0.25, 0.3) is 5.91 Å². The zero-order valence-electron chi connectivity index (χ0n) is 13.7. The second-order valence-electron chi connectivity index (χ2n) is 5.86. The van der Waals surface area contributed by atoms with Crippen LogP contribution in [0.15, 0.2) is 36.5 Å². The van der Waals surface area contributed by atoms with E-state index in [1.807, 2.05) is 0 Å². The number of amides is 1. The van der Waals surface area contributed by atoms with Gasteiger partial charge in [0.2, 0.25) is 0 Å². The second-order valence-corrected chi connectivity index (χ2v) is 5.86. The molecule has 4 aromatic rings. The molecule has 1 aromatic carbocycles. The number of rotatable bonds is 3. The lowest BCUT2D eigenvalue weighted by atomic mass is 10.2.